The Balaban J connectivity index is 2.01. The Kier molecular flexibility index (Phi) is 3.83. The van der Waals surface area contributed by atoms with E-state index in [1.165, 1.54) is 5.69 Å². The van der Waals surface area contributed by atoms with Gasteiger partial charge in [0.05, 0.1) is 0 Å². The maximum Gasteiger partial charge on any atom is 0.0411 e. The average Bonchev–Trinajstić information content (AvgIpc) is 2.32. The maximum atomic E-state index is 11.3. The lowest BCUT2D eigenvalue weighted by atomic mass is 10.2. The van der Waals surface area contributed by atoms with Crippen molar-refractivity contribution in [1.82, 2.24) is 0 Å². The Morgan fingerprint density at radius 2 is 1.88 bits per heavy atom. The van der Waals surface area contributed by atoms with Crippen LogP contribution < -0.4 is 10.2 Å². The van der Waals surface area contributed by atoms with Crippen molar-refractivity contribution in [3.8, 4) is 0 Å². The normalized spacial score (nSPS) is 17.4. The number of hydrogen-bond donors (Lipinski definition) is 1. The highest BCUT2D eigenvalue weighted by molar-refractivity contribution is 7.85. The third-order valence-electron chi connectivity index (χ3n) is 2.79. The molecule has 88 valence electrons. The summed E-state index contributed by atoms with van der Waals surface area (Å²) in [5, 5.41) is 3.28. The molecular formula is C12H18N2OS. The number of benzene rings is 1. The van der Waals surface area contributed by atoms with Crippen molar-refractivity contribution in [2.75, 3.05) is 41.4 Å². The smallest absolute Gasteiger partial charge is 0.0411 e. The van der Waals surface area contributed by atoms with Gasteiger partial charge in [0.15, 0.2) is 0 Å². The summed E-state index contributed by atoms with van der Waals surface area (Å²) in [4.78, 5) is 2.30. The maximum absolute atomic E-state index is 11.3. The summed E-state index contributed by atoms with van der Waals surface area (Å²) in [7, 11) is -0.596. The van der Waals surface area contributed by atoms with Crippen molar-refractivity contribution in [1.29, 1.82) is 0 Å². The minimum Gasteiger partial charge on any atom is -0.385 e. The molecule has 4 heteroatoms. The van der Waals surface area contributed by atoms with E-state index in [0.29, 0.717) is 0 Å². The number of hydrogen-bond acceptors (Lipinski definition) is 3. The Morgan fingerprint density at radius 1 is 1.25 bits per heavy atom. The quantitative estimate of drug-likeness (QED) is 0.869. The van der Waals surface area contributed by atoms with E-state index in [-0.39, 0.29) is 0 Å². The molecule has 0 aliphatic carbocycles. The van der Waals surface area contributed by atoms with Crippen molar-refractivity contribution in [3.05, 3.63) is 24.3 Å². The van der Waals surface area contributed by atoms with Crippen LogP contribution in [0.15, 0.2) is 24.3 Å². The zero-order chi connectivity index (χ0) is 11.4. The van der Waals surface area contributed by atoms with Crippen molar-refractivity contribution >= 4 is 22.2 Å². The van der Waals surface area contributed by atoms with E-state index >= 15 is 0 Å². The van der Waals surface area contributed by atoms with Crippen LogP contribution in [0.25, 0.3) is 0 Å². The summed E-state index contributed by atoms with van der Waals surface area (Å²) in [6, 6.07) is 8.47. The zero-order valence-corrected chi connectivity index (χ0v) is 10.4. The first-order valence-electron chi connectivity index (χ1n) is 5.73. The predicted molar refractivity (Wildman–Crippen MR) is 70.7 cm³/mol. The molecule has 1 aliphatic rings. The van der Waals surface area contributed by atoms with Crippen molar-refractivity contribution in [2.24, 2.45) is 0 Å². The molecule has 0 unspecified atom stereocenters. The van der Waals surface area contributed by atoms with Crippen LogP contribution in [0.5, 0.6) is 0 Å². The molecule has 0 saturated carbocycles. The van der Waals surface area contributed by atoms with Crippen LogP contribution in [-0.4, -0.2) is 35.3 Å². The van der Waals surface area contributed by atoms with Gasteiger partial charge in [-0.05, 0) is 31.2 Å². The molecule has 1 heterocycles. The van der Waals surface area contributed by atoms with E-state index in [2.05, 4.69) is 41.4 Å². The molecule has 1 aromatic carbocycles. The Hall–Kier alpha value is -1.03. The van der Waals surface area contributed by atoms with Gasteiger partial charge in [0.25, 0.3) is 0 Å². The molecule has 0 amide bonds. The summed E-state index contributed by atoms with van der Waals surface area (Å²) in [5.74, 6) is 1.60. The average molecular weight is 238 g/mol. The number of anilines is 2. The van der Waals surface area contributed by atoms with Crippen molar-refractivity contribution < 1.29 is 4.21 Å². The first-order chi connectivity index (χ1) is 7.79. The summed E-state index contributed by atoms with van der Waals surface area (Å²) in [6.45, 7) is 4.86. The van der Waals surface area contributed by atoms with Crippen LogP contribution in [0.3, 0.4) is 0 Å². The Labute approximate surface area is 99.3 Å². The summed E-state index contributed by atoms with van der Waals surface area (Å²) in [6.07, 6.45) is 0. The lowest BCUT2D eigenvalue weighted by Crippen LogP contribution is -2.37. The zero-order valence-electron chi connectivity index (χ0n) is 9.61. The topological polar surface area (TPSA) is 32.3 Å². The Morgan fingerprint density at radius 3 is 2.44 bits per heavy atom. The highest BCUT2D eigenvalue weighted by atomic mass is 32.2. The van der Waals surface area contributed by atoms with Gasteiger partial charge >= 0.3 is 0 Å². The van der Waals surface area contributed by atoms with Crippen LogP contribution in [0.2, 0.25) is 0 Å². The standard InChI is InChI=1S/C12H18N2OS/c1-2-13-11-3-5-12(6-4-11)14-7-9-16(15)10-8-14/h3-6,13H,2,7-10H2,1H3. The second-order valence-corrected chi connectivity index (χ2v) is 5.61. The molecule has 1 N–H and O–H groups in total. The minimum absolute atomic E-state index is 0.596. The Bertz CT molecular complexity index is 354. The number of nitrogens with one attached hydrogen (secondary N) is 1. The van der Waals surface area contributed by atoms with Gasteiger partial charge in [-0.15, -0.1) is 0 Å². The van der Waals surface area contributed by atoms with Gasteiger partial charge in [-0.1, -0.05) is 0 Å². The van der Waals surface area contributed by atoms with Crippen LogP contribution >= 0.6 is 0 Å². The monoisotopic (exact) mass is 238 g/mol. The summed E-state index contributed by atoms with van der Waals surface area (Å²) >= 11 is 0. The molecule has 16 heavy (non-hydrogen) atoms. The minimum atomic E-state index is -0.596. The lowest BCUT2D eigenvalue weighted by molar-refractivity contribution is 0.673. The molecule has 1 aromatic rings. The van der Waals surface area contributed by atoms with Crippen molar-refractivity contribution in [2.45, 2.75) is 6.92 Å². The summed E-state index contributed by atoms with van der Waals surface area (Å²) in [5.41, 5.74) is 2.39. The lowest BCUT2D eigenvalue weighted by Gasteiger charge is -2.28. The fraction of sp³-hybridized carbons (Fsp3) is 0.500. The van der Waals surface area contributed by atoms with E-state index in [9.17, 15) is 4.21 Å². The highest BCUT2D eigenvalue weighted by Gasteiger charge is 2.14. The van der Waals surface area contributed by atoms with Crippen LogP contribution in [0.1, 0.15) is 6.92 Å². The first-order valence-corrected chi connectivity index (χ1v) is 7.22. The van der Waals surface area contributed by atoms with Gasteiger partial charge in [-0.2, -0.15) is 0 Å². The van der Waals surface area contributed by atoms with Crippen LogP contribution in [0, 0.1) is 0 Å². The fourth-order valence-corrected chi connectivity index (χ4v) is 2.94. The molecule has 0 spiro atoms. The van der Waals surface area contributed by atoms with Gasteiger partial charge in [-0.3, -0.25) is 4.21 Å². The third-order valence-corrected chi connectivity index (χ3v) is 4.07. The molecule has 0 atom stereocenters. The second-order valence-electron chi connectivity index (χ2n) is 3.91. The van der Waals surface area contributed by atoms with Gasteiger partial charge in [0.1, 0.15) is 0 Å². The highest BCUT2D eigenvalue weighted by Crippen LogP contribution is 2.19. The number of nitrogens with zero attached hydrogens (tertiary/aromatic N) is 1. The SMILES string of the molecule is CCNc1ccc(N2CCS(=O)CC2)cc1. The molecule has 3 nitrogen and oxygen atoms in total. The van der Waals surface area contributed by atoms with E-state index in [4.69, 9.17) is 0 Å². The van der Waals surface area contributed by atoms with Gasteiger partial charge < -0.3 is 10.2 Å². The molecule has 0 aromatic heterocycles. The molecule has 1 saturated heterocycles. The van der Waals surface area contributed by atoms with Gasteiger partial charge in [0.2, 0.25) is 0 Å². The van der Waals surface area contributed by atoms with Crippen molar-refractivity contribution in [3.63, 3.8) is 0 Å². The third kappa shape index (κ3) is 2.76. The van der Waals surface area contributed by atoms with Crippen LogP contribution in [0.4, 0.5) is 11.4 Å². The largest absolute Gasteiger partial charge is 0.385 e. The molecule has 0 radical (unpaired) electrons. The molecule has 0 bridgehead atoms. The summed E-state index contributed by atoms with van der Waals surface area (Å²) < 4.78 is 11.3. The predicted octanol–water partition coefficient (Wildman–Crippen LogP) is 1.69. The molecule has 2 rings (SSSR count). The first kappa shape index (κ1) is 11.5. The number of rotatable bonds is 3. The fourth-order valence-electron chi connectivity index (χ4n) is 1.89. The molecule has 1 aliphatic heterocycles. The van der Waals surface area contributed by atoms with E-state index in [0.717, 1.165) is 36.8 Å². The molecular weight excluding hydrogens is 220 g/mol. The van der Waals surface area contributed by atoms with Crippen LogP contribution in [-0.2, 0) is 10.8 Å². The van der Waals surface area contributed by atoms with E-state index < -0.39 is 10.8 Å². The van der Waals surface area contributed by atoms with E-state index in [1.54, 1.807) is 0 Å². The van der Waals surface area contributed by atoms with E-state index in [1.807, 2.05) is 0 Å². The molecule has 1 fully saturated rings. The second kappa shape index (κ2) is 5.34. The van der Waals surface area contributed by atoms with Gasteiger partial charge in [0, 0.05) is 53.3 Å². The van der Waals surface area contributed by atoms with Gasteiger partial charge in [-0.25, -0.2) is 0 Å².